The lowest BCUT2D eigenvalue weighted by atomic mass is 9.80. The van der Waals surface area contributed by atoms with E-state index in [2.05, 4.69) is 19.6 Å². The first-order valence-electron chi connectivity index (χ1n) is 14.5. The van der Waals surface area contributed by atoms with Gasteiger partial charge in [-0.05, 0) is 47.0 Å². The Balaban J connectivity index is 1.99. The molecule has 3 rings (SSSR count). The Bertz CT molecular complexity index is 1180. The minimum absolute atomic E-state index is 0.0485. The van der Waals surface area contributed by atoms with E-state index in [1.165, 1.54) is 7.11 Å². The van der Waals surface area contributed by atoms with Crippen molar-refractivity contribution in [2.24, 2.45) is 0 Å². The number of hydrogen-bond acceptors (Lipinski definition) is 8. The molecule has 0 amide bonds. The molecule has 0 heterocycles. The van der Waals surface area contributed by atoms with E-state index >= 15 is 0 Å². The molecule has 0 aliphatic carbocycles. The number of aliphatic hydroxyl groups excluding tert-OH is 1. The molecule has 8 nitrogen and oxygen atoms in total. The molecule has 0 radical (unpaired) electrons. The van der Waals surface area contributed by atoms with Gasteiger partial charge in [-0.3, -0.25) is 4.79 Å². The van der Waals surface area contributed by atoms with E-state index in [-0.39, 0.29) is 26.2 Å². The van der Waals surface area contributed by atoms with Crippen LogP contribution in [0.4, 0.5) is 0 Å². The molecule has 3 aromatic carbocycles. The molecular formula is C34H46O8Si. The Labute approximate surface area is 256 Å². The van der Waals surface area contributed by atoms with Crippen molar-refractivity contribution in [2.45, 2.75) is 56.3 Å². The highest BCUT2D eigenvalue weighted by atomic mass is 28.3. The van der Waals surface area contributed by atoms with Crippen LogP contribution in [0.3, 0.4) is 0 Å². The fourth-order valence-corrected chi connectivity index (χ4v) is 5.48. The van der Waals surface area contributed by atoms with Crippen molar-refractivity contribution < 1.29 is 38.3 Å². The van der Waals surface area contributed by atoms with Crippen LogP contribution in [0, 0.1) is 0 Å². The Morgan fingerprint density at radius 3 is 1.84 bits per heavy atom. The van der Waals surface area contributed by atoms with E-state index in [1.54, 1.807) is 14.2 Å². The minimum atomic E-state index is -1.26. The number of esters is 1. The van der Waals surface area contributed by atoms with Gasteiger partial charge < -0.3 is 33.5 Å². The summed E-state index contributed by atoms with van der Waals surface area (Å²) < 4.78 is 34.5. The third-order valence-corrected chi connectivity index (χ3v) is 8.91. The molecule has 0 saturated heterocycles. The lowest BCUT2D eigenvalue weighted by molar-refractivity contribution is -0.147. The molecule has 0 aromatic heterocycles. The molecule has 0 aliphatic rings. The molecule has 0 bridgehead atoms. The number of methoxy groups -OCH3 is 3. The summed E-state index contributed by atoms with van der Waals surface area (Å²) in [6, 6.07) is 26.5. The van der Waals surface area contributed by atoms with Crippen LogP contribution in [-0.2, 0) is 29.3 Å². The second kappa shape index (κ2) is 16.6. The van der Waals surface area contributed by atoms with Crippen LogP contribution in [0.2, 0.25) is 25.7 Å². The molecule has 0 fully saturated rings. The van der Waals surface area contributed by atoms with Gasteiger partial charge in [0.2, 0.25) is 0 Å². The SMILES string of the molecule is COC(=O)C[C@H](O)C[C@@H](COC(c1ccccc1)(c1ccc(OC)cc1)c1ccc(OC)cc1)OCOCC[Si](C)(C)C. The van der Waals surface area contributed by atoms with Gasteiger partial charge in [-0.25, -0.2) is 0 Å². The maximum atomic E-state index is 11.9. The predicted molar refractivity (Wildman–Crippen MR) is 169 cm³/mol. The minimum Gasteiger partial charge on any atom is -0.497 e. The van der Waals surface area contributed by atoms with Crippen molar-refractivity contribution in [1.29, 1.82) is 0 Å². The van der Waals surface area contributed by atoms with Crippen LogP contribution in [0.1, 0.15) is 29.5 Å². The Morgan fingerprint density at radius 2 is 1.35 bits per heavy atom. The van der Waals surface area contributed by atoms with Crippen LogP contribution in [-0.4, -0.2) is 72.7 Å². The number of aliphatic hydroxyl groups is 1. The summed E-state index contributed by atoms with van der Waals surface area (Å²) >= 11 is 0. The molecule has 0 spiro atoms. The van der Waals surface area contributed by atoms with Gasteiger partial charge in [-0.15, -0.1) is 0 Å². The maximum absolute atomic E-state index is 11.9. The molecule has 9 heteroatoms. The molecule has 3 aromatic rings. The van der Waals surface area contributed by atoms with Gasteiger partial charge in [-0.2, -0.15) is 0 Å². The number of carbonyl (C=O) groups is 1. The monoisotopic (exact) mass is 610 g/mol. The normalized spacial score (nSPS) is 13.3. The first-order chi connectivity index (χ1) is 20.6. The van der Waals surface area contributed by atoms with E-state index in [9.17, 15) is 9.90 Å². The molecule has 0 saturated carbocycles. The Hall–Kier alpha value is -3.21. The number of rotatable bonds is 18. The number of benzene rings is 3. The van der Waals surface area contributed by atoms with Crippen LogP contribution in [0.5, 0.6) is 11.5 Å². The summed E-state index contributed by atoms with van der Waals surface area (Å²) in [5.41, 5.74) is 1.62. The Kier molecular flexibility index (Phi) is 13.2. The quantitative estimate of drug-likeness (QED) is 0.0614. The van der Waals surface area contributed by atoms with Crippen molar-refractivity contribution in [1.82, 2.24) is 0 Å². The van der Waals surface area contributed by atoms with Gasteiger partial charge in [0.1, 0.15) is 23.9 Å². The molecule has 0 aliphatic heterocycles. The van der Waals surface area contributed by atoms with Crippen LogP contribution >= 0.6 is 0 Å². The fraction of sp³-hybridized carbons (Fsp3) is 0.441. The predicted octanol–water partition coefficient (Wildman–Crippen LogP) is 6.02. The van der Waals surface area contributed by atoms with Gasteiger partial charge in [0.15, 0.2) is 0 Å². The Morgan fingerprint density at radius 1 is 0.814 bits per heavy atom. The highest BCUT2D eigenvalue weighted by Gasteiger charge is 2.39. The van der Waals surface area contributed by atoms with Crippen molar-refractivity contribution >= 4 is 14.0 Å². The number of hydrogen-bond donors (Lipinski definition) is 1. The molecule has 43 heavy (non-hydrogen) atoms. The van der Waals surface area contributed by atoms with Gasteiger partial charge in [0.05, 0.1) is 46.6 Å². The first-order valence-corrected chi connectivity index (χ1v) is 18.2. The largest absolute Gasteiger partial charge is 0.497 e. The summed E-state index contributed by atoms with van der Waals surface area (Å²) in [6.45, 7) is 7.62. The zero-order valence-corrected chi connectivity index (χ0v) is 27.2. The highest BCUT2D eigenvalue weighted by Crippen LogP contribution is 2.42. The number of ether oxygens (including phenoxy) is 6. The van der Waals surface area contributed by atoms with E-state index in [1.807, 2.05) is 78.9 Å². The lowest BCUT2D eigenvalue weighted by Crippen LogP contribution is -2.37. The standard InChI is InChI=1S/C34H46O8Si/c1-37-30-16-12-27(13-17-30)34(26-10-8-7-9-11-26,28-14-18-31(38-2)19-15-28)42-24-32(22-29(35)23-33(36)39-3)41-25-40-20-21-43(4,5)6/h7-19,29,32,35H,20-25H2,1-6H3/t29-,32+/m1/s1. The third-order valence-electron chi connectivity index (χ3n) is 7.21. The lowest BCUT2D eigenvalue weighted by Gasteiger charge is -2.37. The van der Waals surface area contributed by atoms with Gasteiger partial charge in [0, 0.05) is 21.1 Å². The van der Waals surface area contributed by atoms with Crippen LogP contribution in [0.25, 0.3) is 0 Å². The van der Waals surface area contributed by atoms with E-state index in [0.29, 0.717) is 6.61 Å². The topological polar surface area (TPSA) is 92.7 Å². The second-order valence-electron chi connectivity index (χ2n) is 11.6. The zero-order valence-electron chi connectivity index (χ0n) is 26.2. The van der Waals surface area contributed by atoms with Crippen LogP contribution < -0.4 is 9.47 Å². The molecule has 1 N–H and O–H groups in total. The summed E-state index contributed by atoms with van der Waals surface area (Å²) in [4.78, 5) is 11.9. The summed E-state index contributed by atoms with van der Waals surface area (Å²) in [7, 11) is 3.30. The van der Waals surface area contributed by atoms with Gasteiger partial charge >= 0.3 is 5.97 Å². The third kappa shape index (κ3) is 10.2. The molecule has 2 atom stereocenters. The van der Waals surface area contributed by atoms with Gasteiger partial charge in [0.25, 0.3) is 0 Å². The molecular weight excluding hydrogens is 564 g/mol. The number of carbonyl (C=O) groups excluding carboxylic acids is 1. The summed E-state index contributed by atoms with van der Waals surface area (Å²) in [6.07, 6.45) is -1.54. The fourth-order valence-electron chi connectivity index (χ4n) is 4.72. The highest BCUT2D eigenvalue weighted by molar-refractivity contribution is 6.76. The zero-order chi connectivity index (χ0) is 31.3. The van der Waals surface area contributed by atoms with Crippen molar-refractivity contribution in [3.05, 3.63) is 95.6 Å². The average Bonchev–Trinajstić information content (AvgIpc) is 3.01. The van der Waals surface area contributed by atoms with E-state index in [0.717, 1.165) is 34.2 Å². The smallest absolute Gasteiger partial charge is 0.308 e. The maximum Gasteiger partial charge on any atom is 0.308 e. The van der Waals surface area contributed by atoms with Crippen molar-refractivity contribution in [3.8, 4) is 11.5 Å². The van der Waals surface area contributed by atoms with Gasteiger partial charge in [-0.1, -0.05) is 74.2 Å². The van der Waals surface area contributed by atoms with Crippen molar-refractivity contribution in [3.63, 3.8) is 0 Å². The van der Waals surface area contributed by atoms with Crippen LogP contribution in [0.15, 0.2) is 78.9 Å². The molecule has 234 valence electrons. The average molecular weight is 611 g/mol. The second-order valence-corrected chi connectivity index (χ2v) is 17.2. The van der Waals surface area contributed by atoms with E-state index < -0.39 is 31.9 Å². The summed E-state index contributed by atoms with van der Waals surface area (Å²) in [5.74, 6) is 0.958. The van der Waals surface area contributed by atoms with E-state index in [4.69, 9.17) is 28.4 Å². The first kappa shape index (κ1) is 34.3. The van der Waals surface area contributed by atoms with Crippen molar-refractivity contribution in [2.75, 3.05) is 41.3 Å². The molecule has 0 unspecified atom stereocenters. The summed E-state index contributed by atoms with van der Waals surface area (Å²) in [5, 5.41) is 10.7.